The van der Waals surface area contributed by atoms with Gasteiger partial charge in [0.15, 0.2) is 4.71 Å². The van der Waals surface area contributed by atoms with Gasteiger partial charge in [-0.15, -0.1) is 11.8 Å². The minimum Gasteiger partial charge on any atom is -0.465 e. The zero-order chi connectivity index (χ0) is 18.3. The fourth-order valence-electron chi connectivity index (χ4n) is 2.32. The Labute approximate surface area is 159 Å². The van der Waals surface area contributed by atoms with Gasteiger partial charge >= 0.3 is 5.97 Å². The van der Waals surface area contributed by atoms with Crippen molar-refractivity contribution in [1.82, 2.24) is 0 Å². The lowest BCUT2D eigenvalue weighted by Gasteiger charge is -2.16. The second kappa shape index (κ2) is 9.39. The van der Waals surface area contributed by atoms with E-state index in [1.54, 1.807) is 0 Å². The molecule has 1 heterocycles. The maximum atomic E-state index is 11.6. The molecule has 2 rings (SSSR count). The van der Waals surface area contributed by atoms with Crippen LogP contribution in [0.25, 0.3) is 11.0 Å². The Morgan fingerprint density at radius 2 is 1.88 bits per heavy atom. The van der Waals surface area contributed by atoms with E-state index in [1.165, 1.54) is 4.90 Å². The molecular weight excluding hydrogens is 352 g/mol. The van der Waals surface area contributed by atoms with Gasteiger partial charge in [-0.2, -0.15) is 0 Å². The molecule has 0 N–H and O–H groups in total. The predicted molar refractivity (Wildman–Crippen MR) is 107 cm³/mol. The summed E-state index contributed by atoms with van der Waals surface area (Å²) in [4.78, 5) is 12.8. The predicted octanol–water partition coefficient (Wildman–Crippen LogP) is 6.40. The van der Waals surface area contributed by atoms with Crippen molar-refractivity contribution in [3.05, 3.63) is 35.0 Å². The second-order valence-corrected chi connectivity index (χ2v) is 8.61. The Balaban J connectivity index is 1.67. The fourth-order valence-corrected chi connectivity index (χ4v) is 3.69. The third-order valence-corrected chi connectivity index (χ3v) is 5.10. The number of esters is 1. The Morgan fingerprint density at radius 3 is 2.64 bits per heavy atom. The topological polar surface area (TPSA) is 39.4 Å². The number of fused-ring (bicyclic) bond motifs is 1. The average Bonchev–Trinajstić information content (AvgIpc) is 2.55. The van der Waals surface area contributed by atoms with Gasteiger partial charge in [-0.1, -0.05) is 31.0 Å². The van der Waals surface area contributed by atoms with Crippen LogP contribution in [0.4, 0.5) is 0 Å². The van der Waals surface area contributed by atoms with Crippen LogP contribution in [0.5, 0.6) is 0 Å². The van der Waals surface area contributed by atoms with Gasteiger partial charge in [-0.3, -0.25) is 4.79 Å². The molecule has 0 saturated carbocycles. The molecule has 1 aromatic heterocycles. The minimum atomic E-state index is -0.412. The van der Waals surface area contributed by atoms with Crippen LogP contribution in [0.15, 0.2) is 39.6 Å². The van der Waals surface area contributed by atoms with Crippen LogP contribution in [0.2, 0.25) is 0 Å². The SMILES string of the molecule is CC(C)(C)C(=O)OCCCCCCSc1cc(=S)oc2ccccc12. The van der Waals surface area contributed by atoms with E-state index >= 15 is 0 Å². The Bertz CT molecular complexity index is 759. The Morgan fingerprint density at radius 1 is 1.16 bits per heavy atom. The second-order valence-electron chi connectivity index (χ2n) is 7.07. The van der Waals surface area contributed by atoms with Gasteiger partial charge in [0.25, 0.3) is 0 Å². The molecule has 2 aromatic rings. The van der Waals surface area contributed by atoms with Gasteiger partial charge in [0.1, 0.15) is 5.58 Å². The van der Waals surface area contributed by atoms with Gasteiger partial charge in [0, 0.05) is 16.3 Å². The molecule has 0 atom stereocenters. The quantitative estimate of drug-likeness (QED) is 0.230. The lowest BCUT2D eigenvalue weighted by molar-refractivity contribution is -0.153. The van der Waals surface area contributed by atoms with E-state index in [9.17, 15) is 4.79 Å². The van der Waals surface area contributed by atoms with Crippen molar-refractivity contribution < 1.29 is 13.9 Å². The van der Waals surface area contributed by atoms with Crippen molar-refractivity contribution in [2.45, 2.75) is 51.3 Å². The number of hydrogen-bond acceptors (Lipinski definition) is 5. The molecule has 25 heavy (non-hydrogen) atoms. The summed E-state index contributed by atoms with van der Waals surface area (Å²) in [7, 11) is 0. The number of hydrogen-bond donors (Lipinski definition) is 0. The van der Waals surface area contributed by atoms with E-state index in [0.29, 0.717) is 11.3 Å². The fraction of sp³-hybridized carbons (Fsp3) is 0.500. The smallest absolute Gasteiger partial charge is 0.311 e. The first-order chi connectivity index (χ1) is 11.9. The maximum absolute atomic E-state index is 11.6. The molecule has 1 aromatic carbocycles. The highest BCUT2D eigenvalue weighted by Gasteiger charge is 2.22. The third kappa shape index (κ3) is 6.48. The summed E-state index contributed by atoms with van der Waals surface area (Å²) in [5.41, 5.74) is 0.434. The highest BCUT2D eigenvalue weighted by molar-refractivity contribution is 7.99. The molecule has 0 fully saturated rings. The van der Waals surface area contributed by atoms with Gasteiger partial charge in [-0.25, -0.2) is 0 Å². The molecule has 0 saturated heterocycles. The average molecular weight is 379 g/mol. The molecule has 3 nitrogen and oxygen atoms in total. The highest BCUT2D eigenvalue weighted by Crippen LogP contribution is 2.29. The van der Waals surface area contributed by atoms with E-state index in [-0.39, 0.29) is 5.97 Å². The standard InChI is InChI=1S/C20H26O3S2/c1-20(2,3)19(21)22-12-8-4-5-9-13-25-17-14-18(24)23-16-11-7-6-10-15(16)17/h6-7,10-11,14H,4-5,8-9,12-13H2,1-3H3. The van der Waals surface area contributed by atoms with Gasteiger partial charge < -0.3 is 9.15 Å². The van der Waals surface area contributed by atoms with Crippen molar-refractivity contribution in [3.63, 3.8) is 0 Å². The molecule has 0 aliphatic heterocycles. The first-order valence-electron chi connectivity index (χ1n) is 8.71. The van der Waals surface area contributed by atoms with Crippen LogP contribution in [0, 0.1) is 10.1 Å². The van der Waals surface area contributed by atoms with Crippen molar-refractivity contribution in [2.24, 2.45) is 5.41 Å². The maximum Gasteiger partial charge on any atom is 0.311 e. The van der Waals surface area contributed by atoms with Crippen molar-refractivity contribution in [1.29, 1.82) is 0 Å². The molecular formula is C20H26O3S2. The largest absolute Gasteiger partial charge is 0.465 e. The molecule has 5 heteroatoms. The van der Waals surface area contributed by atoms with Crippen LogP contribution in [0.1, 0.15) is 46.5 Å². The molecule has 0 unspecified atom stereocenters. The number of rotatable bonds is 8. The van der Waals surface area contributed by atoms with Gasteiger partial charge in [0.05, 0.1) is 12.0 Å². The zero-order valence-electron chi connectivity index (χ0n) is 15.2. The molecule has 0 aliphatic rings. The number of thioether (sulfide) groups is 1. The summed E-state index contributed by atoms with van der Waals surface area (Å²) >= 11 is 7.03. The lowest BCUT2D eigenvalue weighted by Crippen LogP contribution is -2.23. The monoisotopic (exact) mass is 378 g/mol. The lowest BCUT2D eigenvalue weighted by atomic mass is 9.97. The molecule has 0 amide bonds. The highest BCUT2D eigenvalue weighted by atomic mass is 32.2. The first kappa shape index (κ1) is 20.0. The van der Waals surface area contributed by atoms with Gasteiger partial charge in [0.2, 0.25) is 0 Å². The summed E-state index contributed by atoms with van der Waals surface area (Å²) in [6, 6.07) is 9.94. The first-order valence-corrected chi connectivity index (χ1v) is 10.1. The summed E-state index contributed by atoms with van der Waals surface area (Å²) in [6.07, 6.45) is 4.27. The molecule has 0 aliphatic carbocycles. The molecule has 0 radical (unpaired) electrons. The van der Waals surface area contributed by atoms with Crippen LogP contribution >= 0.6 is 24.0 Å². The minimum absolute atomic E-state index is 0.121. The third-order valence-electron chi connectivity index (χ3n) is 3.75. The van der Waals surface area contributed by atoms with Crippen LogP contribution in [0.3, 0.4) is 0 Å². The van der Waals surface area contributed by atoms with Crippen molar-refractivity contribution in [2.75, 3.05) is 12.4 Å². The number of para-hydroxylation sites is 1. The Hall–Kier alpha value is -1.33. The number of benzene rings is 1. The summed E-state index contributed by atoms with van der Waals surface area (Å²) in [6.45, 7) is 6.15. The Kier molecular flexibility index (Phi) is 7.51. The molecule has 0 spiro atoms. The van der Waals surface area contributed by atoms with Crippen molar-refractivity contribution >= 4 is 40.9 Å². The number of unbranched alkanes of at least 4 members (excludes halogenated alkanes) is 3. The number of carbonyl (C=O) groups excluding carboxylic acids is 1. The zero-order valence-corrected chi connectivity index (χ0v) is 16.8. The van der Waals surface area contributed by atoms with Gasteiger partial charge in [-0.05, 0) is 57.6 Å². The van der Waals surface area contributed by atoms with E-state index < -0.39 is 5.41 Å². The van der Waals surface area contributed by atoms with E-state index in [2.05, 4.69) is 6.07 Å². The summed E-state index contributed by atoms with van der Waals surface area (Å²) in [5, 5.41) is 1.12. The van der Waals surface area contributed by atoms with E-state index in [0.717, 1.165) is 42.4 Å². The van der Waals surface area contributed by atoms with E-state index in [4.69, 9.17) is 21.4 Å². The van der Waals surface area contributed by atoms with Crippen molar-refractivity contribution in [3.8, 4) is 0 Å². The normalized spacial score (nSPS) is 11.6. The van der Waals surface area contributed by atoms with Crippen LogP contribution in [-0.4, -0.2) is 18.3 Å². The van der Waals surface area contributed by atoms with Crippen LogP contribution < -0.4 is 0 Å². The number of carbonyl (C=O) groups is 1. The molecule has 0 bridgehead atoms. The summed E-state index contributed by atoms with van der Waals surface area (Å²) in [5.74, 6) is 0.925. The summed E-state index contributed by atoms with van der Waals surface area (Å²) < 4.78 is 11.4. The van der Waals surface area contributed by atoms with Crippen LogP contribution in [-0.2, 0) is 9.53 Å². The molecule has 136 valence electrons. The number of ether oxygens (including phenoxy) is 1. The van der Waals surface area contributed by atoms with E-state index in [1.807, 2.05) is 56.8 Å².